The van der Waals surface area contributed by atoms with Crippen molar-refractivity contribution in [1.82, 2.24) is 30.4 Å². The van der Waals surface area contributed by atoms with Gasteiger partial charge in [0.1, 0.15) is 12.1 Å². The molecule has 1 unspecified atom stereocenters. The number of rotatable bonds is 8. The van der Waals surface area contributed by atoms with E-state index in [9.17, 15) is 0 Å². The third-order valence-electron chi connectivity index (χ3n) is 4.23. The van der Waals surface area contributed by atoms with Gasteiger partial charge in [-0.3, -0.25) is 9.67 Å². The number of thiophene rings is 1. The summed E-state index contributed by atoms with van der Waals surface area (Å²) in [6.45, 7) is 8.53. The highest BCUT2D eigenvalue weighted by Gasteiger charge is 2.09. The molecule has 0 saturated carbocycles. The van der Waals surface area contributed by atoms with Crippen LogP contribution in [0.1, 0.15) is 23.6 Å². The molecule has 0 aliphatic rings. The van der Waals surface area contributed by atoms with Crippen LogP contribution in [0.4, 0.5) is 5.82 Å². The molecule has 0 aromatic carbocycles. The fraction of sp³-hybridized carbons (Fsp3) is 0.474. The minimum absolute atomic E-state index is 0. The van der Waals surface area contributed by atoms with Crippen molar-refractivity contribution in [2.75, 3.05) is 25.0 Å². The summed E-state index contributed by atoms with van der Waals surface area (Å²) in [6.07, 6.45) is 4.32. The normalized spacial score (nSPS) is 12.5. The number of halogens is 1. The molecule has 0 bridgehead atoms. The van der Waals surface area contributed by atoms with Crippen LogP contribution in [-0.4, -0.2) is 51.4 Å². The van der Waals surface area contributed by atoms with E-state index in [0.717, 1.165) is 35.8 Å². The molecule has 0 radical (unpaired) electrons. The minimum atomic E-state index is 0. The Balaban J connectivity index is 0.00000300. The van der Waals surface area contributed by atoms with E-state index in [2.05, 4.69) is 68.9 Å². The topological polar surface area (TPSA) is 92.1 Å². The maximum Gasteiger partial charge on any atom is 0.191 e. The number of aliphatic imine (C=N–C) groups is 1. The number of anilines is 1. The van der Waals surface area contributed by atoms with Gasteiger partial charge in [0.15, 0.2) is 11.6 Å². The SMILES string of the molecule is CCNC(=NCCNc1ncnc2c1cnn2C)NC(C)Cc1ccc(C)s1.I. The fourth-order valence-electron chi connectivity index (χ4n) is 2.95. The first-order chi connectivity index (χ1) is 13.6. The van der Waals surface area contributed by atoms with E-state index in [4.69, 9.17) is 0 Å². The Morgan fingerprint density at radius 2 is 2.14 bits per heavy atom. The van der Waals surface area contributed by atoms with Gasteiger partial charge in [-0.1, -0.05) is 0 Å². The summed E-state index contributed by atoms with van der Waals surface area (Å²) >= 11 is 1.85. The van der Waals surface area contributed by atoms with E-state index in [0.29, 0.717) is 19.1 Å². The van der Waals surface area contributed by atoms with Gasteiger partial charge >= 0.3 is 0 Å². The van der Waals surface area contributed by atoms with Crippen molar-refractivity contribution in [3.05, 3.63) is 34.4 Å². The van der Waals surface area contributed by atoms with Crippen LogP contribution >= 0.6 is 35.3 Å². The summed E-state index contributed by atoms with van der Waals surface area (Å²) in [6, 6.07) is 4.68. The van der Waals surface area contributed by atoms with E-state index in [1.54, 1.807) is 17.2 Å². The van der Waals surface area contributed by atoms with Crippen molar-refractivity contribution in [3.8, 4) is 0 Å². The second-order valence-corrected chi connectivity index (χ2v) is 8.05. The van der Waals surface area contributed by atoms with Gasteiger partial charge in [-0.2, -0.15) is 5.10 Å². The Bertz CT molecular complexity index is 935. The predicted molar refractivity (Wildman–Crippen MR) is 132 cm³/mol. The van der Waals surface area contributed by atoms with Gasteiger partial charge in [0.25, 0.3) is 0 Å². The van der Waals surface area contributed by atoms with Crippen molar-refractivity contribution in [1.29, 1.82) is 0 Å². The summed E-state index contributed by atoms with van der Waals surface area (Å²) < 4.78 is 1.74. The highest BCUT2D eigenvalue weighted by Crippen LogP contribution is 2.17. The summed E-state index contributed by atoms with van der Waals surface area (Å²) in [5, 5.41) is 15.3. The number of hydrogen-bond acceptors (Lipinski definition) is 6. The van der Waals surface area contributed by atoms with E-state index >= 15 is 0 Å². The number of nitrogens with zero attached hydrogens (tertiary/aromatic N) is 5. The molecule has 29 heavy (non-hydrogen) atoms. The molecule has 3 N–H and O–H groups in total. The Kier molecular flexibility index (Phi) is 9.08. The number of guanidine groups is 1. The van der Waals surface area contributed by atoms with Crippen LogP contribution in [0.2, 0.25) is 0 Å². The van der Waals surface area contributed by atoms with Gasteiger partial charge in [0.2, 0.25) is 0 Å². The molecule has 0 saturated heterocycles. The largest absolute Gasteiger partial charge is 0.367 e. The quantitative estimate of drug-likeness (QED) is 0.180. The molecule has 0 amide bonds. The van der Waals surface area contributed by atoms with Crippen molar-refractivity contribution < 1.29 is 0 Å². The molecule has 0 aliphatic carbocycles. The summed E-state index contributed by atoms with van der Waals surface area (Å²) in [5.41, 5.74) is 0.814. The molecule has 3 aromatic rings. The molecule has 0 fully saturated rings. The first kappa shape index (κ1) is 23.3. The monoisotopic (exact) mass is 528 g/mol. The highest BCUT2D eigenvalue weighted by molar-refractivity contribution is 14.0. The summed E-state index contributed by atoms with van der Waals surface area (Å²) in [5.74, 6) is 1.62. The fourth-order valence-corrected chi connectivity index (χ4v) is 3.97. The molecule has 0 spiro atoms. The lowest BCUT2D eigenvalue weighted by Gasteiger charge is -2.17. The number of hydrogen-bond donors (Lipinski definition) is 3. The maximum atomic E-state index is 4.67. The Morgan fingerprint density at radius 3 is 2.86 bits per heavy atom. The van der Waals surface area contributed by atoms with E-state index < -0.39 is 0 Å². The van der Waals surface area contributed by atoms with Gasteiger partial charge in [-0.05, 0) is 32.9 Å². The predicted octanol–water partition coefficient (Wildman–Crippen LogP) is 2.95. The van der Waals surface area contributed by atoms with Crippen LogP contribution in [0, 0.1) is 6.92 Å². The number of aryl methyl sites for hydroxylation is 2. The zero-order valence-corrected chi connectivity index (χ0v) is 20.4. The highest BCUT2D eigenvalue weighted by atomic mass is 127. The first-order valence-corrected chi connectivity index (χ1v) is 10.3. The van der Waals surface area contributed by atoms with E-state index in [1.807, 2.05) is 18.4 Å². The zero-order chi connectivity index (χ0) is 19.9. The van der Waals surface area contributed by atoms with Crippen molar-refractivity contribution in [3.63, 3.8) is 0 Å². The number of fused-ring (bicyclic) bond motifs is 1. The van der Waals surface area contributed by atoms with Crippen LogP contribution in [0.15, 0.2) is 29.6 Å². The minimum Gasteiger partial charge on any atom is -0.367 e. The standard InChI is InChI=1S/C19H28N8S.HI/c1-5-20-19(26-13(2)10-15-7-6-14(3)28-15)22-9-8-21-17-16-11-25-27(4)18(16)24-12-23-17;/h6-7,11-13H,5,8-10H2,1-4H3,(H2,20,22,26)(H,21,23,24);1H. The molecule has 3 heterocycles. The second-order valence-electron chi connectivity index (χ2n) is 6.68. The lowest BCUT2D eigenvalue weighted by Crippen LogP contribution is -2.43. The molecule has 8 nitrogen and oxygen atoms in total. The van der Waals surface area contributed by atoms with Gasteiger partial charge in [-0.25, -0.2) is 9.97 Å². The lowest BCUT2D eigenvalue weighted by atomic mass is 10.2. The average Bonchev–Trinajstić information content (AvgIpc) is 3.25. The molecule has 10 heteroatoms. The molecular weight excluding hydrogens is 499 g/mol. The lowest BCUT2D eigenvalue weighted by molar-refractivity contribution is 0.646. The van der Waals surface area contributed by atoms with Gasteiger partial charge < -0.3 is 16.0 Å². The van der Waals surface area contributed by atoms with Crippen LogP contribution in [-0.2, 0) is 13.5 Å². The van der Waals surface area contributed by atoms with Crippen molar-refractivity contribution in [2.45, 2.75) is 33.2 Å². The van der Waals surface area contributed by atoms with Gasteiger partial charge in [0.05, 0.1) is 18.1 Å². The summed E-state index contributed by atoms with van der Waals surface area (Å²) in [4.78, 5) is 16.0. The van der Waals surface area contributed by atoms with Crippen molar-refractivity contribution in [2.24, 2.45) is 12.0 Å². The average molecular weight is 528 g/mol. The van der Waals surface area contributed by atoms with E-state index in [-0.39, 0.29) is 24.0 Å². The van der Waals surface area contributed by atoms with Crippen molar-refractivity contribution >= 4 is 58.1 Å². The van der Waals surface area contributed by atoms with Crippen LogP contribution < -0.4 is 16.0 Å². The summed E-state index contributed by atoms with van der Waals surface area (Å²) in [7, 11) is 1.87. The number of aromatic nitrogens is 4. The Hall–Kier alpha value is -1.95. The molecule has 3 rings (SSSR count). The van der Waals surface area contributed by atoms with E-state index in [1.165, 1.54) is 9.75 Å². The van der Waals surface area contributed by atoms with Crippen LogP contribution in [0.3, 0.4) is 0 Å². The van der Waals surface area contributed by atoms with Crippen LogP contribution in [0.5, 0.6) is 0 Å². The zero-order valence-electron chi connectivity index (χ0n) is 17.3. The smallest absolute Gasteiger partial charge is 0.191 e. The third-order valence-corrected chi connectivity index (χ3v) is 5.26. The second kappa shape index (κ2) is 11.3. The molecule has 3 aromatic heterocycles. The Morgan fingerprint density at radius 1 is 1.31 bits per heavy atom. The van der Waals surface area contributed by atoms with Crippen LogP contribution in [0.25, 0.3) is 11.0 Å². The van der Waals surface area contributed by atoms with Gasteiger partial charge in [-0.15, -0.1) is 35.3 Å². The third kappa shape index (κ3) is 6.53. The molecule has 1 atom stereocenters. The molecular formula is C19H29IN8S. The first-order valence-electron chi connectivity index (χ1n) is 9.53. The maximum absolute atomic E-state index is 4.67. The van der Waals surface area contributed by atoms with Gasteiger partial charge in [0, 0.05) is 42.4 Å². The molecule has 0 aliphatic heterocycles. The molecule has 158 valence electrons. The Labute approximate surface area is 192 Å². The number of nitrogens with one attached hydrogen (secondary N) is 3.